The van der Waals surface area contributed by atoms with Crippen molar-refractivity contribution in [2.45, 2.75) is 32.7 Å². The third-order valence-electron chi connectivity index (χ3n) is 2.99. The Morgan fingerprint density at radius 3 is 2.71 bits per heavy atom. The van der Waals surface area contributed by atoms with E-state index in [1.54, 1.807) is 4.90 Å². The summed E-state index contributed by atoms with van der Waals surface area (Å²) in [5, 5.41) is 2.84. The van der Waals surface area contributed by atoms with Crippen molar-refractivity contribution in [1.29, 1.82) is 0 Å². The van der Waals surface area contributed by atoms with Crippen LogP contribution in [0.15, 0.2) is 24.3 Å². The van der Waals surface area contributed by atoms with E-state index in [1.807, 2.05) is 38.1 Å². The Bertz CT molecular complexity index is 456. The van der Waals surface area contributed by atoms with Gasteiger partial charge in [0.1, 0.15) is 6.04 Å². The van der Waals surface area contributed by atoms with Gasteiger partial charge < -0.3 is 5.32 Å². The molecule has 0 saturated heterocycles. The summed E-state index contributed by atoms with van der Waals surface area (Å²) < 4.78 is 0. The predicted molar refractivity (Wildman–Crippen MR) is 66.9 cm³/mol. The highest BCUT2D eigenvalue weighted by Gasteiger charge is 2.34. The molecule has 2 rings (SSSR count). The Hall–Kier alpha value is -1.84. The maximum absolute atomic E-state index is 12.0. The molecule has 1 atom stereocenters. The molecular weight excluding hydrogens is 216 g/mol. The number of fused-ring (bicyclic) bond motifs is 1. The lowest BCUT2D eigenvalue weighted by molar-refractivity contribution is -0.123. The van der Waals surface area contributed by atoms with Crippen molar-refractivity contribution in [3.05, 3.63) is 24.3 Å². The van der Waals surface area contributed by atoms with Crippen LogP contribution in [0.5, 0.6) is 0 Å². The number of carbonyl (C=O) groups excluding carboxylic acids is 2. The van der Waals surface area contributed by atoms with Gasteiger partial charge in [0.2, 0.25) is 11.8 Å². The van der Waals surface area contributed by atoms with Crippen LogP contribution >= 0.6 is 0 Å². The van der Waals surface area contributed by atoms with Gasteiger partial charge >= 0.3 is 0 Å². The first-order valence-electron chi connectivity index (χ1n) is 5.91. The molecule has 17 heavy (non-hydrogen) atoms. The number of benzene rings is 1. The van der Waals surface area contributed by atoms with Gasteiger partial charge in [-0.3, -0.25) is 14.5 Å². The van der Waals surface area contributed by atoms with Crippen LogP contribution in [0.1, 0.15) is 26.7 Å². The zero-order chi connectivity index (χ0) is 12.4. The summed E-state index contributed by atoms with van der Waals surface area (Å²) in [6.07, 6.45) is 1.02. The minimum atomic E-state index is -0.391. The van der Waals surface area contributed by atoms with E-state index in [2.05, 4.69) is 5.32 Å². The first kappa shape index (κ1) is 11.6. The van der Waals surface area contributed by atoms with E-state index in [0.717, 1.165) is 5.69 Å². The summed E-state index contributed by atoms with van der Waals surface area (Å²) >= 11 is 0. The van der Waals surface area contributed by atoms with Gasteiger partial charge in [0, 0.05) is 6.42 Å². The van der Waals surface area contributed by atoms with Crippen LogP contribution < -0.4 is 10.2 Å². The van der Waals surface area contributed by atoms with Gasteiger partial charge in [-0.1, -0.05) is 26.0 Å². The Labute approximate surface area is 101 Å². The number of hydrogen-bond acceptors (Lipinski definition) is 2. The summed E-state index contributed by atoms with van der Waals surface area (Å²) in [5.41, 5.74) is 1.51. The summed E-state index contributed by atoms with van der Waals surface area (Å²) in [7, 11) is 0. The molecule has 0 fully saturated rings. The second-order valence-electron chi connectivity index (χ2n) is 4.05. The van der Waals surface area contributed by atoms with Crippen molar-refractivity contribution < 1.29 is 9.59 Å². The Morgan fingerprint density at radius 1 is 1.35 bits per heavy atom. The number of rotatable bonds is 2. The van der Waals surface area contributed by atoms with Gasteiger partial charge in [-0.25, -0.2) is 0 Å². The molecule has 0 radical (unpaired) electrons. The maximum Gasteiger partial charge on any atom is 0.247 e. The van der Waals surface area contributed by atoms with E-state index >= 15 is 0 Å². The van der Waals surface area contributed by atoms with E-state index in [4.69, 9.17) is 0 Å². The topological polar surface area (TPSA) is 49.4 Å². The van der Waals surface area contributed by atoms with E-state index in [9.17, 15) is 9.59 Å². The zero-order valence-electron chi connectivity index (χ0n) is 10.1. The maximum atomic E-state index is 12.0. The summed E-state index contributed by atoms with van der Waals surface area (Å²) in [6, 6.07) is 7.01. The molecule has 90 valence electrons. The molecule has 1 aliphatic rings. The van der Waals surface area contributed by atoms with E-state index in [1.165, 1.54) is 0 Å². The Balaban J connectivity index is 2.50. The van der Waals surface area contributed by atoms with Crippen LogP contribution in [0, 0.1) is 0 Å². The molecule has 0 bridgehead atoms. The standard InChI is InChI=1S/C13H16N2O2/c1-3-10-13(17)14-9-7-5-6-8-11(9)15(10)12(16)4-2/h5-8,10H,3-4H2,1-2H3,(H,14,17). The quantitative estimate of drug-likeness (QED) is 0.849. The molecule has 1 unspecified atom stereocenters. The molecule has 1 N–H and O–H groups in total. The second kappa shape index (κ2) is 4.57. The Kier molecular flexibility index (Phi) is 3.13. The van der Waals surface area contributed by atoms with E-state index < -0.39 is 6.04 Å². The van der Waals surface area contributed by atoms with E-state index in [-0.39, 0.29) is 11.8 Å². The highest BCUT2D eigenvalue weighted by molar-refractivity contribution is 6.11. The summed E-state index contributed by atoms with van der Waals surface area (Å²) in [4.78, 5) is 25.5. The molecule has 0 saturated carbocycles. The number of nitrogens with zero attached hydrogens (tertiary/aromatic N) is 1. The van der Waals surface area contributed by atoms with Crippen molar-refractivity contribution in [3.8, 4) is 0 Å². The number of carbonyl (C=O) groups is 2. The van der Waals surface area contributed by atoms with Gasteiger partial charge in [0.15, 0.2) is 0 Å². The first-order chi connectivity index (χ1) is 8.19. The number of anilines is 2. The number of para-hydroxylation sites is 2. The molecular formula is C13H16N2O2. The average molecular weight is 232 g/mol. The number of nitrogens with one attached hydrogen (secondary N) is 1. The van der Waals surface area contributed by atoms with Gasteiger partial charge in [0.25, 0.3) is 0 Å². The lowest BCUT2D eigenvalue weighted by atomic mass is 10.1. The molecule has 0 aromatic heterocycles. The molecule has 0 aliphatic carbocycles. The van der Waals surface area contributed by atoms with Crippen LogP contribution in [0.25, 0.3) is 0 Å². The fourth-order valence-corrected chi connectivity index (χ4v) is 2.14. The fourth-order valence-electron chi connectivity index (χ4n) is 2.14. The van der Waals surface area contributed by atoms with Gasteiger partial charge in [0.05, 0.1) is 11.4 Å². The van der Waals surface area contributed by atoms with Gasteiger partial charge in [-0.05, 0) is 18.6 Å². The largest absolute Gasteiger partial charge is 0.322 e. The van der Waals surface area contributed by atoms with Gasteiger partial charge in [-0.2, -0.15) is 0 Å². The minimum Gasteiger partial charge on any atom is -0.322 e. The van der Waals surface area contributed by atoms with Crippen LogP contribution in [-0.4, -0.2) is 17.9 Å². The molecule has 1 aliphatic heterocycles. The molecule has 4 heteroatoms. The third kappa shape index (κ3) is 1.90. The van der Waals surface area contributed by atoms with Crippen molar-refractivity contribution >= 4 is 23.2 Å². The van der Waals surface area contributed by atoms with Crippen LogP contribution in [0.2, 0.25) is 0 Å². The van der Waals surface area contributed by atoms with Crippen molar-refractivity contribution in [2.75, 3.05) is 10.2 Å². The van der Waals surface area contributed by atoms with E-state index in [0.29, 0.717) is 18.5 Å². The first-order valence-corrected chi connectivity index (χ1v) is 5.91. The highest BCUT2D eigenvalue weighted by atomic mass is 16.2. The number of amides is 2. The predicted octanol–water partition coefficient (Wildman–Crippen LogP) is 2.16. The van der Waals surface area contributed by atoms with Crippen LogP contribution in [0.4, 0.5) is 11.4 Å². The second-order valence-corrected chi connectivity index (χ2v) is 4.05. The molecule has 1 aromatic rings. The molecule has 1 aromatic carbocycles. The van der Waals surface area contributed by atoms with Crippen LogP contribution in [0.3, 0.4) is 0 Å². The lowest BCUT2D eigenvalue weighted by Crippen LogP contribution is -2.50. The van der Waals surface area contributed by atoms with Crippen molar-refractivity contribution in [1.82, 2.24) is 0 Å². The molecule has 4 nitrogen and oxygen atoms in total. The van der Waals surface area contributed by atoms with Crippen LogP contribution in [-0.2, 0) is 9.59 Å². The molecule has 1 heterocycles. The normalized spacial score (nSPS) is 18.6. The molecule has 2 amide bonds. The zero-order valence-corrected chi connectivity index (χ0v) is 10.1. The average Bonchev–Trinajstić information content (AvgIpc) is 2.36. The Morgan fingerprint density at radius 2 is 2.06 bits per heavy atom. The fraction of sp³-hybridized carbons (Fsp3) is 0.385. The third-order valence-corrected chi connectivity index (χ3v) is 2.99. The van der Waals surface area contributed by atoms with Crippen molar-refractivity contribution in [3.63, 3.8) is 0 Å². The highest BCUT2D eigenvalue weighted by Crippen LogP contribution is 2.33. The van der Waals surface area contributed by atoms with Gasteiger partial charge in [-0.15, -0.1) is 0 Å². The van der Waals surface area contributed by atoms with Crippen molar-refractivity contribution in [2.24, 2.45) is 0 Å². The lowest BCUT2D eigenvalue weighted by Gasteiger charge is -2.35. The minimum absolute atomic E-state index is 0.0147. The summed E-state index contributed by atoms with van der Waals surface area (Å²) in [5.74, 6) is -0.118. The monoisotopic (exact) mass is 232 g/mol. The smallest absolute Gasteiger partial charge is 0.247 e. The number of hydrogen-bond donors (Lipinski definition) is 1. The SMILES string of the molecule is CCC(=O)N1c2ccccc2NC(=O)C1CC. The molecule has 0 spiro atoms. The summed E-state index contributed by atoms with van der Waals surface area (Å²) in [6.45, 7) is 3.72.